The van der Waals surface area contributed by atoms with E-state index in [1.165, 1.54) is 5.56 Å². The van der Waals surface area contributed by atoms with Gasteiger partial charge in [0.2, 0.25) is 6.41 Å². The molecular weight excluding hydrogens is 455 g/mol. The topological polar surface area (TPSA) is 55.6 Å². The number of nitrogen functional groups attached to an aromatic ring is 1. The number of methoxy groups -OCH3 is 1. The maximum absolute atomic E-state index is 11.5. The average molecular weight is 483 g/mol. The molecule has 0 aliphatic carbocycles. The van der Waals surface area contributed by atoms with Gasteiger partial charge in [-0.15, -0.1) is 0 Å². The fraction of sp³-hybridized carbons (Fsp3) is 0.222. The van der Waals surface area contributed by atoms with E-state index in [4.69, 9.17) is 33.7 Å². The highest BCUT2D eigenvalue weighted by Gasteiger charge is 2.23. The van der Waals surface area contributed by atoms with Crippen LogP contribution in [0.3, 0.4) is 0 Å². The minimum atomic E-state index is -0.129. The number of ether oxygens (including phenoxy) is 1. The Kier molecular flexibility index (Phi) is 8.81. The number of amides is 1. The molecule has 0 aromatic heterocycles. The number of benzene rings is 3. The van der Waals surface area contributed by atoms with E-state index in [0.717, 1.165) is 46.7 Å². The van der Waals surface area contributed by atoms with E-state index in [1.807, 2.05) is 60.7 Å². The van der Waals surface area contributed by atoms with Gasteiger partial charge in [-0.3, -0.25) is 4.79 Å². The third-order valence-electron chi connectivity index (χ3n) is 5.63. The number of nitrogens with two attached hydrogens (primary N) is 1. The Morgan fingerprint density at radius 1 is 1.03 bits per heavy atom. The SMILES string of the molecule is CCc1ccc(Cl)cc1.COc1ccc(C2C=C(c3cc(Cl)ccc3N)CCN2C=O)cc1. The molecule has 2 N–H and O–H groups in total. The Labute approximate surface area is 205 Å². The second-order valence-corrected chi connectivity index (χ2v) is 8.59. The average Bonchev–Trinajstić information content (AvgIpc) is 2.86. The fourth-order valence-electron chi connectivity index (χ4n) is 3.72. The van der Waals surface area contributed by atoms with Crippen LogP contribution in [0, 0.1) is 0 Å². The second-order valence-electron chi connectivity index (χ2n) is 7.71. The standard InChI is InChI=1S/C19H19ClN2O2.C8H9Cl/c1-24-16-5-2-13(3-6-16)19-10-14(8-9-22(19)12-23)17-11-15(20)4-7-18(17)21;1-2-7-3-5-8(9)6-4-7/h2-7,10-12,19H,8-9,21H2,1H3;3-6H,2H2,1H3. The van der Waals surface area contributed by atoms with Crippen LogP contribution >= 0.6 is 23.2 Å². The van der Waals surface area contributed by atoms with Gasteiger partial charge >= 0.3 is 0 Å². The molecule has 1 heterocycles. The van der Waals surface area contributed by atoms with Crippen LogP contribution in [-0.2, 0) is 11.2 Å². The van der Waals surface area contributed by atoms with Crippen molar-refractivity contribution in [1.82, 2.24) is 4.90 Å². The smallest absolute Gasteiger partial charge is 0.210 e. The van der Waals surface area contributed by atoms with E-state index >= 15 is 0 Å². The summed E-state index contributed by atoms with van der Waals surface area (Å²) in [5, 5.41) is 1.46. The molecule has 0 fully saturated rings. The molecule has 172 valence electrons. The summed E-state index contributed by atoms with van der Waals surface area (Å²) in [7, 11) is 1.63. The number of carbonyl (C=O) groups excluding carboxylic acids is 1. The molecule has 0 radical (unpaired) electrons. The Bertz CT molecular complexity index is 1100. The van der Waals surface area contributed by atoms with Crippen molar-refractivity contribution in [2.24, 2.45) is 0 Å². The van der Waals surface area contributed by atoms with Gasteiger partial charge in [0.05, 0.1) is 13.2 Å². The molecule has 33 heavy (non-hydrogen) atoms. The van der Waals surface area contributed by atoms with E-state index in [1.54, 1.807) is 18.1 Å². The Morgan fingerprint density at radius 2 is 1.70 bits per heavy atom. The molecule has 4 rings (SSSR count). The van der Waals surface area contributed by atoms with E-state index < -0.39 is 0 Å². The van der Waals surface area contributed by atoms with E-state index in [2.05, 4.69) is 13.0 Å². The summed E-state index contributed by atoms with van der Waals surface area (Å²) >= 11 is 11.8. The highest BCUT2D eigenvalue weighted by atomic mass is 35.5. The van der Waals surface area contributed by atoms with Crippen molar-refractivity contribution >= 4 is 40.9 Å². The second kappa shape index (κ2) is 11.8. The first-order valence-corrected chi connectivity index (χ1v) is 11.6. The summed E-state index contributed by atoms with van der Waals surface area (Å²) in [6, 6.07) is 21.0. The first-order valence-electron chi connectivity index (χ1n) is 10.8. The van der Waals surface area contributed by atoms with Gasteiger partial charge in [0.1, 0.15) is 5.75 Å². The summed E-state index contributed by atoms with van der Waals surface area (Å²) in [6.07, 6.45) is 4.80. The molecule has 3 aromatic rings. The molecule has 0 saturated heterocycles. The van der Waals surface area contributed by atoms with Gasteiger partial charge in [-0.25, -0.2) is 0 Å². The van der Waals surface area contributed by atoms with Crippen molar-refractivity contribution in [2.45, 2.75) is 25.8 Å². The van der Waals surface area contributed by atoms with Crippen LogP contribution in [0.15, 0.2) is 72.8 Å². The monoisotopic (exact) mass is 482 g/mol. The number of aryl methyl sites for hydroxylation is 1. The fourth-order valence-corrected chi connectivity index (χ4v) is 4.01. The Morgan fingerprint density at radius 3 is 2.30 bits per heavy atom. The van der Waals surface area contributed by atoms with Crippen LogP contribution in [0.2, 0.25) is 10.0 Å². The van der Waals surface area contributed by atoms with Crippen LogP contribution < -0.4 is 10.5 Å². The normalized spacial score (nSPS) is 15.2. The van der Waals surface area contributed by atoms with Crippen LogP contribution in [0.25, 0.3) is 5.57 Å². The molecule has 1 unspecified atom stereocenters. The molecule has 1 aliphatic rings. The molecular formula is C27H28Cl2N2O2. The maximum atomic E-state index is 11.5. The lowest BCUT2D eigenvalue weighted by atomic mass is 9.92. The van der Waals surface area contributed by atoms with E-state index in [0.29, 0.717) is 17.3 Å². The van der Waals surface area contributed by atoms with Crippen LogP contribution in [-0.4, -0.2) is 25.0 Å². The van der Waals surface area contributed by atoms with E-state index in [9.17, 15) is 4.79 Å². The van der Waals surface area contributed by atoms with Gasteiger partial charge in [-0.05, 0) is 72.0 Å². The van der Waals surface area contributed by atoms with Gasteiger partial charge in [0, 0.05) is 27.8 Å². The lowest BCUT2D eigenvalue weighted by Crippen LogP contribution is -2.30. The number of carbonyl (C=O) groups is 1. The molecule has 0 bridgehead atoms. The maximum Gasteiger partial charge on any atom is 0.210 e. The Hall–Kier alpha value is -2.95. The minimum absolute atomic E-state index is 0.129. The third kappa shape index (κ3) is 6.53. The van der Waals surface area contributed by atoms with Gasteiger partial charge in [-0.1, -0.05) is 60.5 Å². The molecule has 6 heteroatoms. The zero-order valence-corrected chi connectivity index (χ0v) is 20.3. The van der Waals surface area contributed by atoms with Crippen molar-refractivity contribution < 1.29 is 9.53 Å². The Balaban J connectivity index is 0.000000286. The zero-order chi connectivity index (χ0) is 23.8. The predicted molar refractivity (Wildman–Crippen MR) is 138 cm³/mol. The summed E-state index contributed by atoms with van der Waals surface area (Å²) in [6.45, 7) is 2.77. The van der Waals surface area contributed by atoms with Gasteiger partial charge in [-0.2, -0.15) is 0 Å². The molecule has 1 aliphatic heterocycles. The lowest BCUT2D eigenvalue weighted by Gasteiger charge is -2.32. The number of hydrogen-bond acceptors (Lipinski definition) is 3. The first kappa shape index (κ1) is 24.7. The van der Waals surface area contributed by atoms with Crippen molar-refractivity contribution in [3.05, 3.63) is 99.5 Å². The molecule has 0 saturated carbocycles. The largest absolute Gasteiger partial charge is 0.497 e. The van der Waals surface area contributed by atoms with Crippen molar-refractivity contribution in [1.29, 1.82) is 0 Å². The van der Waals surface area contributed by atoms with Gasteiger partial charge < -0.3 is 15.4 Å². The number of hydrogen-bond donors (Lipinski definition) is 1. The summed E-state index contributed by atoms with van der Waals surface area (Å²) < 4.78 is 5.20. The van der Waals surface area contributed by atoms with Gasteiger partial charge in [0.15, 0.2) is 0 Å². The number of halogens is 2. The molecule has 1 amide bonds. The summed E-state index contributed by atoms with van der Waals surface area (Å²) in [5.74, 6) is 0.788. The molecule has 1 atom stereocenters. The minimum Gasteiger partial charge on any atom is -0.497 e. The molecule has 4 nitrogen and oxygen atoms in total. The van der Waals surface area contributed by atoms with Crippen LogP contribution in [0.5, 0.6) is 5.75 Å². The number of rotatable bonds is 5. The van der Waals surface area contributed by atoms with E-state index in [-0.39, 0.29) is 6.04 Å². The molecule has 3 aromatic carbocycles. The number of nitrogens with zero attached hydrogens (tertiary/aromatic N) is 1. The number of anilines is 1. The van der Waals surface area contributed by atoms with Crippen LogP contribution in [0.1, 0.15) is 36.1 Å². The van der Waals surface area contributed by atoms with Gasteiger partial charge in [0.25, 0.3) is 0 Å². The summed E-state index contributed by atoms with van der Waals surface area (Å²) in [5.41, 5.74) is 11.2. The molecule has 0 spiro atoms. The predicted octanol–water partition coefficient (Wildman–Crippen LogP) is 6.82. The third-order valence-corrected chi connectivity index (χ3v) is 6.12. The highest BCUT2D eigenvalue weighted by Crippen LogP contribution is 2.36. The lowest BCUT2D eigenvalue weighted by molar-refractivity contribution is -0.119. The quantitative estimate of drug-likeness (QED) is 0.320. The van der Waals surface area contributed by atoms with Crippen molar-refractivity contribution in [3.63, 3.8) is 0 Å². The first-order chi connectivity index (χ1) is 15.9. The zero-order valence-electron chi connectivity index (χ0n) is 18.8. The van der Waals surface area contributed by atoms with Crippen molar-refractivity contribution in [2.75, 3.05) is 19.4 Å². The van der Waals surface area contributed by atoms with Crippen molar-refractivity contribution in [3.8, 4) is 5.75 Å². The highest BCUT2D eigenvalue weighted by molar-refractivity contribution is 6.31. The van der Waals surface area contributed by atoms with Crippen LogP contribution in [0.4, 0.5) is 5.69 Å². The summed E-state index contributed by atoms with van der Waals surface area (Å²) in [4.78, 5) is 13.2.